The zero-order valence-electron chi connectivity index (χ0n) is 17.9. The van der Waals surface area contributed by atoms with Crippen LogP contribution in [0.4, 0.5) is 22.7 Å². The van der Waals surface area contributed by atoms with Crippen LogP contribution in [0, 0.1) is 20.2 Å². The molecule has 0 unspecified atom stereocenters. The van der Waals surface area contributed by atoms with Crippen LogP contribution >= 0.6 is 0 Å². The van der Waals surface area contributed by atoms with Gasteiger partial charge in [0.1, 0.15) is 11.5 Å². The number of ether oxygens (including phenoxy) is 2. The number of methoxy groups -OCH3 is 2. The maximum Gasteiger partial charge on any atom is 0.270 e. The van der Waals surface area contributed by atoms with Gasteiger partial charge in [-0.2, -0.15) is 0 Å². The number of anilines is 2. The van der Waals surface area contributed by atoms with Gasteiger partial charge in [0.2, 0.25) is 0 Å². The number of amides is 2. The molecule has 0 saturated heterocycles. The molecular formula is C22H18N4O8. The Morgan fingerprint density at radius 1 is 0.706 bits per heavy atom. The topological polar surface area (TPSA) is 163 Å². The average Bonchev–Trinajstić information content (AvgIpc) is 2.83. The fourth-order valence-electron chi connectivity index (χ4n) is 3.05. The predicted octanol–water partition coefficient (Wildman–Crippen LogP) is 4.02. The summed E-state index contributed by atoms with van der Waals surface area (Å²) in [6.07, 6.45) is 0. The van der Waals surface area contributed by atoms with E-state index in [0.29, 0.717) is 0 Å². The lowest BCUT2D eigenvalue weighted by Gasteiger charge is -2.12. The number of benzene rings is 3. The number of nitro benzene ring substituents is 2. The number of nitrogens with zero attached hydrogens (tertiary/aromatic N) is 2. The molecule has 0 fully saturated rings. The van der Waals surface area contributed by atoms with Crippen LogP contribution in [-0.2, 0) is 0 Å². The van der Waals surface area contributed by atoms with E-state index < -0.39 is 21.7 Å². The lowest BCUT2D eigenvalue weighted by Crippen LogP contribution is -2.15. The van der Waals surface area contributed by atoms with Crippen LogP contribution in [0.5, 0.6) is 11.5 Å². The molecule has 3 rings (SSSR count). The highest BCUT2D eigenvalue weighted by Crippen LogP contribution is 2.27. The molecular weight excluding hydrogens is 448 g/mol. The van der Waals surface area contributed by atoms with Crippen molar-refractivity contribution in [2.45, 2.75) is 0 Å². The van der Waals surface area contributed by atoms with Crippen LogP contribution < -0.4 is 20.1 Å². The van der Waals surface area contributed by atoms with Gasteiger partial charge in [0, 0.05) is 35.6 Å². The Morgan fingerprint density at radius 3 is 1.47 bits per heavy atom. The normalized spacial score (nSPS) is 10.2. The number of nitrogens with one attached hydrogen (secondary N) is 2. The van der Waals surface area contributed by atoms with E-state index in [-0.39, 0.29) is 45.4 Å². The summed E-state index contributed by atoms with van der Waals surface area (Å²) in [7, 11) is 2.66. The molecule has 12 nitrogen and oxygen atoms in total. The molecule has 3 aromatic carbocycles. The van der Waals surface area contributed by atoms with E-state index in [4.69, 9.17) is 9.47 Å². The molecule has 0 heterocycles. The molecule has 3 aromatic rings. The van der Waals surface area contributed by atoms with E-state index in [1.165, 1.54) is 44.6 Å². The summed E-state index contributed by atoms with van der Waals surface area (Å²) >= 11 is 0. The number of carbonyl (C=O) groups is 2. The minimum absolute atomic E-state index is 0.0486. The molecule has 0 aromatic heterocycles. The summed E-state index contributed by atoms with van der Waals surface area (Å²) in [5.41, 5.74) is -0.0968. The van der Waals surface area contributed by atoms with Crippen LogP contribution in [0.15, 0.2) is 60.7 Å². The molecule has 2 N–H and O–H groups in total. The van der Waals surface area contributed by atoms with E-state index in [1.54, 1.807) is 18.2 Å². The van der Waals surface area contributed by atoms with Crippen molar-refractivity contribution in [3.05, 3.63) is 92.0 Å². The second kappa shape index (κ2) is 10.1. The largest absolute Gasteiger partial charge is 0.496 e. The fraction of sp³-hybridized carbons (Fsp3) is 0.0909. The molecule has 0 atom stereocenters. The Hall–Kier alpha value is -5.00. The predicted molar refractivity (Wildman–Crippen MR) is 122 cm³/mol. The van der Waals surface area contributed by atoms with Gasteiger partial charge in [-0.15, -0.1) is 0 Å². The molecule has 0 radical (unpaired) electrons. The maximum atomic E-state index is 12.7. The maximum absolute atomic E-state index is 12.7. The molecule has 0 saturated carbocycles. The number of non-ortho nitro benzene ring substituents is 2. The van der Waals surface area contributed by atoms with E-state index >= 15 is 0 Å². The van der Waals surface area contributed by atoms with E-state index in [2.05, 4.69) is 10.6 Å². The van der Waals surface area contributed by atoms with Gasteiger partial charge in [0.05, 0.1) is 35.2 Å². The number of rotatable bonds is 8. The minimum Gasteiger partial charge on any atom is -0.496 e. The first-order chi connectivity index (χ1) is 16.2. The monoisotopic (exact) mass is 466 g/mol. The highest BCUT2D eigenvalue weighted by molar-refractivity contribution is 6.08. The fourth-order valence-corrected chi connectivity index (χ4v) is 3.05. The van der Waals surface area contributed by atoms with Crippen molar-refractivity contribution in [3.63, 3.8) is 0 Å². The summed E-state index contributed by atoms with van der Waals surface area (Å²) in [6.45, 7) is 0. The summed E-state index contributed by atoms with van der Waals surface area (Å²) in [5, 5.41) is 27.3. The number of hydrogen-bond donors (Lipinski definition) is 2. The molecule has 0 bridgehead atoms. The third-order valence-electron chi connectivity index (χ3n) is 4.66. The Morgan fingerprint density at radius 2 is 1.12 bits per heavy atom. The molecule has 0 spiro atoms. The molecule has 34 heavy (non-hydrogen) atoms. The second-order valence-electron chi connectivity index (χ2n) is 6.77. The average molecular weight is 466 g/mol. The zero-order valence-corrected chi connectivity index (χ0v) is 17.9. The molecule has 2 amide bonds. The van der Waals surface area contributed by atoms with Gasteiger partial charge < -0.3 is 20.1 Å². The second-order valence-corrected chi connectivity index (χ2v) is 6.77. The van der Waals surface area contributed by atoms with Crippen molar-refractivity contribution in [1.29, 1.82) is 0 Å². The van der Waals surface area contributed by atoms with Gasteiger partial charge in [-0.1, -0.05) is 6.07 Å². The van der Waals surface area contributed by atoms with Crippen molar-refractivity contribution in [1.82, 2.24) is 0 Å². The third kappa shape index (κ3) is 5.24. The quantitative estimate of drug-likeness (QED) is 0.371. The lowest BCUT2D eigenvalue weighted by molar-refractivity contribution is -0.385. The minimum atomic E-state index is -0.663. The van der Waals surface area contributed by atoms with Crippen LogP contribution in [-0.4, -0.2) is 35.9 Å². The Kier molecular flexibility index (Phi) is 7.01. The van der Waals surface area contributed by atoms with Crippen LogP contribution in [0.1, 0.15) is 20.7 Å². The molecule has 174 valence electrons. The van der Waals surface area contributed by atoms with Crippen molar-refractivity contribution < 1.29 is 28.9 Å². The van der Waals surface area contributed by atoms with Crippen LogP contribution in [0.3, 0.4) is 0 Å². The molecule has 0 aliphatic heterocycles. The smallest absolute Gasteiger partial charge is 0.270 e. The van der Waals surface area contributed by atoms with E-state index in [9.17, 15) is 29.8 Å². The standard InChI is InChI=1S/C22H18N4O8/c1-33-19-8-6-15(25(29)30)11-17(19)21(27)23-13-4-3-5-14(10-13)24-22(28)18-12-16(26(31)32)7-9-20(18)34-2/h3-12H,1-2H3,(H,23,27)(H,24,28). The van der Waals surface area contributed by atoms with Gasteiger partial charge in [-0.25, -0.2) is 0 Å². The van der Waals surface area contributed by atoms with Crippen molar-refractivity contribution >= 4 is 34.6 Å². The molecule has 12 heteroatoms. The first kappa shape index (κ1) is 23.7. The number of carbonyl (C=O) groups excluding carboxylic acids is 2. The highest BCUT2D eigenvalue weighted by atomic mass is 16.6. The first-order valence-corrected chi connectivity index (χ1v) is 9.61. The summed E-state index contributed by atoms with van der Waals surface area (Å²) < 4.78 is 10.2. The zero-order chi connectivity index (χ0) is 24.8. The van der Waals surface area contributed by atoms with Crippen LogP contribution in [0.25, 0.3) is 0 Å². The lowest BCUT2D eigenvalue weighted by atomic mass is 10.1. The summed E-state index contributed by atoms with van der Waals surface area (Å²) in [4.78, 5) is 46.3. The van der Waals surface area contributed by atoms with Crippen molar-refractivity contribution in [3.8, 4) is 11.5 Å². The van der Waals surface area contributed by atoms with E-state index in [1.807, 2.05) is 0 Å². The van der Waals surface area contributed by atoms with Crippen molar-refractivity contribution in [2.75, 3.05) is 24.9 Å². The van der Waals surface area contributed by atoms with Gasteiger partial charge >= 0.3 is 0 Å². The molecule has 0 aliphatic rings. The first-order valence-electron chi connectivity index (χ1n) is 9.61. The number of nitro groups is 2. The Bertz CT molecular complexity index is 1200. The molecule has 0 aliphatic carbocycles. The Balaban J connectivity index is 1.83. The van der Waals surface area contributed by atoms with Gasteiger partial charge in [0.25, 0.3) is 23.2 Å². The Labute approximate surface area is 192 Å². The van der Waals surface area contributed by atoms with Crippen LogP contribution in [0.2, 0.25) is 0 Å². The van der Waals surface area contributed by atoms with Gasteiger partial charge in [0.15, 0.2) is 0 Å². The number of hydrogen-bond acceptors (Lipinski definition) is 8. The van der Waals surface area contributed by atoms with Gasteiger partial charge in [-0.3, -0.25) is 29.8 Å². The summed E-state index contributed by atoms with van der Waals surface area (Å²) in [5.74, 6) is -1.04. The van der Waals surface area contributed by atoms with Gasteiger partial charge in [-0.05, 0) is 30.3 Å². The SMILES string of the molecule is COc1ccc([N+](=O)[O-])cc1C(=O)Nc1cccc(NC(=O)c2cc([N+](=O)[O-])ccc2OC)c1. The highest BCUT2D eigenvalue weighted by Gasteiger charge is 2.19. The third-order valence-corrected chi connectivity index (χ3v) is 4.66. The van der Waals surface area contributed by atoms with Crippen molar-refractivity contribution in [2.24, 2.45) is 0 Å². The summed E-state index contributed by atoms with van der Waals surface area (Å²) in [6, 6.07) is 13.3. The van der Waals surface area contributed by atoms with E-state index in [0.717, 1.165) is 12.1 Å².